The molecule has 1 aromatic carbocycles. The van der Waals surface area contributed by atoms with Crippen LogP contribution in [0, 0.1) is 5.82 Å². The molecule has 18 heavy (non-hydrogen) atoms. The number of hydrogen-bond acceptors (Lipinski definition) is 2. The summed E-state index contributed by atoms with van der Waals surface area (Å²) in [7, 11) is 0. The fourth-order valence-corrected chi connectivity index (χ4v) is 2.79. The normalized spacial score (nSPS) is 20.5. The fourth-order valence-electron chi connectivity index (χ4n) is 2.79. The summed E-state index contributed by atoms with van der Waals surface area (Å²) in [5, 5.41) is 12.6. The molecule has 0 bridgehead atoms. The number of nitrogens with one attached hydrogen (secondary N) is 1. The lowest BCUT2D eigenvalue weighted by Crippen LogP contribution is -2.35. The van der Waals surface area contributed by atoms with Crippen molar-refractivity contribution in [3.63, 3.8) is 0 Å². The fraction of sp³-hybridized carbons (Fsp3) is 0.600. The molecule has 2 atom stereocenters. The Kier molecular flexibility index (Phi) is 4.72. The van der Waals surface area contributed by atoms with Crippen LogP contribution in [0.25, 0.3) is 0 Å². The summed E-state index contributed by atoms with van der Waals surface area (Å²) in [4.78, 5) is 0. The summed E-state index contributed by atoms with van der Waals surface area (Å²) in [6.45, 7) is 2.32. The third-order valence-corrected chi connectivity index (χ3v) is 3.83. The summed E-state index contributed by atoms with van der Waals surface area (Å²) in [6.07, 6.45) is 4.99. The Morgan fingerprint density at radius 2 is 2.33 bits per heavy atom. The Morgan fingerprint density at radius 3 is 3.06 bits per heavy atom. The van der Waals surface area contributed by atoms with Crippen LogP contribution < -0.4 is 5.32 Å². The third-order valence-electron chi connectivity index (χ3n) is 3.83. The van der Waals surface area contributed by atoms with Gasteiger partial charge in [0.05, 0.1) is 0 Å². The lowest BCUT2D eigenvalue weighted by molar-refractivity contribution is 0.251. The zero-order valence-electron chi connectivity index (χ0n) is 11.0. The second-order valence-electron chi connectivity index (χ2n) is 5.07. The van der Waals surface area contributed by atoms with Crippen LogP contribution >= 0.6 is 0 Å². The van der Waals surface area contributed by atoms with Gasteiger partial charge >= 0.3 is 0 Å². The number of benzene rings is 1. The molecule has 0 spiro atoms. The van der Waals surface area contributed by atoms with Crippen LogP contribution in [0.4, 0.5) is 4.39 Å². The van der Waals surface area contributed by atoms with Gasteiger partial charge in [0, 0.05) is 18.7 Å². The Labute approximate surface area is 108 Å². The Morgan fingerprint density at radius 1 is 1.50 bits per heavy atom. The first-order chi connectivity index (χ1) is 8.74. The van der Waals surface area contributed by atoms with E-state index in [1.54, 1.807) is 12.1 Å². The van der Waals surface area contributed by atoms with E-state index in [-0.39, 0.29) is 18.5 Å². The lowest BCUT2D eigenvalue weighted by Gasteiger charge is -2.30. The Hall–Kier alpha value is -0.930. The van der Waals surface area contributed by atoms with Gasteiger partial charge in [0.15, 0.2) is 0 Å². The van der Waals surface area contributed by atoms with Crippen molar-refractivity contribution < 1.29 is 9.50 Å². The topological polar surface area (TPSA) is 32.3 Å². The molecule has 1 aliphatic rings. The number of fused-ring (bicyclic) bond motifs is 1. The number of aliphatic hydroxyl groups is 1. The molecule has 1 aromatic rings. The molecule has 0 aliphatic heterocycles. The molecule has 2 nitrogen and oxygen atoms in total. The maximum Gasteiger partial charge on any atom is 0.123 e. The van der Waals surface area contributed by atoms with E-state index in [9.17, 15) is 4.39 Å². The van der Waals surface area contributed by atoms with E-state index in [4.69, 9.17) is 5.11 Å². The highest BCUT2D eigenvalue weighted by Crippen LogP contribution is 2.31. The molecule has 100 valence electrons. The SMILES string of the molecule is CCC(CCO)NC1CCCc2ccc(F)cc21. The van der Waals surface area contributed by atoms with E-state index < -0.39 is 0 Å². The summed E-state index contributed by atoms with van der Waals surface area (Å²) in [6, 6.07) is 5.67. The third kappa shape index (κ3) is 3.09. The van der Waals surface area contributed by atoms with Gasteiger partial charge in [-0.05, 0) is 55.4 Å². The molecule has 0 saturated carbocycles. The first kappa shape index (κ1) is 13.5. The molecule has 0 fully saturated rings. The smallest absolute Gasteiger partial charge is 0.123 e. The van der Waals surface area contributed by atoms with Gasteiger partial charge in [-0.3, -0.25) is 0 Å². The van der Waals surface area contributed by atoms with E-state index in [0.29, 0.717) is 6.04 Å². The molecular formula is C15H22FNO. The van der Waals surface area contributed by atoms with Crippen molar-refractivity contribution in [3.8, 4) is 0 Å². The van der Waals surface area contributed by atoms with Crippen LogP contribution in [0.1, 0.15) is 49.8 Å². The van der Waals surface area contributed by atoms with Crippen molar-refractivity contribution in [3.05, 3.63) is 35.1 Å². The van der Waals surface area contributed by atoms with Crippen molar-refractivity contribution in [2.75, 3.05) is 6.61 Å². The second kappa shape index (κ2) is 6.30. The van der Waals surface area contributed by atoms with Gasteiger partial charge in [0.25, 0.3) is 0 Å². The average Bonchev–Trinajstić information content (AvgIpc) is 2.38. The standard InChI is InChI=1S/C15H22FNO/c1-2-13(8-9-18)17-15-5-3-4-11-6-7-12(16)10-14(11)15/h6-7,10,13,15,17-18H,2-5,8-9H2,1H3. The summed E-state index contributed by atoms with van der Waals surface area (Å²) < 4.78 is 13.4. The molecular weight excluding hydrogens is 229 g/mol. The average molecular weight is 251 g/mol. The van der Waals surface area contributed by atoms with Crippen molar-refractivity contribution >= 4 is 0 Å². The van der Waals surface area contributed by atoms with Gasteiger partial charge in [-0.1, -0.05) is 13.0 Å². The van der Waals surface area contributed by atoms with Crippen LogP contribution in [-0.4, -0.2) is 17.8 Å². The van der Waals surface area contributed by atoms with Gasteiger partial charge in [0.1, 0.15) is 5.82 Å². The van der Waals surface area contributed by atoms with Crippen molar-refractivity contribution in [2.45, 2.75) is 51.1 Å². The molecule has 0 saturated heterocycles. The highest BCUT2D eigenvalue weighted by Gasteiger charge is 2.22. The zero-order valence-corrected chi connectivity index (χ0v) is 11.0. The van der Waals surface area contributed by atoms with Gasteiger partial charge in [-0.25, -0.2) is 4.39 Å². The first-order valence-corrected chi connectivity index (χ1v) is 6.89. The van der Waals surface area contributed by atoms with Gasteiger partial charge < -0.3 is 10.4 Å². The van der Waals surface area contributed by atoms with E-state index in [0.717, 1.165) is 37.7 Å². The molecule has 3 heteroatoms. The van der Waals surface area contributed by atoms with Crippen LogP contribution in [0.15, 0.2) is 18.2 Å². The molecule has 0 heterocycles. The maximum absolute atomic E-state index is 13.4. The summed E-state index contributed by atoms with van der Waals surface area (Å²) >= 11 is 0. The maximum atomic E-state index is 13.4. The quantitative estimate of drug-likeness (QED) is 0.843. The number of hydrogen-bond donors (Lipinski definition) is 2. The predicted octanol–water partition coefficient (Wildman–Crippen LogP) is 2.95. The van der Waals surface area contributed by atoms with Gasteiger partial charge in [-0.2, -0.15) is 0 Å². The number of rotatable bonds is 5. The Bertz CT molecular complexity index is 394. The van der Waals surface area contributed by atoms with E-state index in [2.05, 4.69) is 12.2 Å². The largest absolute Gasteiger partial charge is 0.396 e. The number of halogens is 1. The summed E-state index contributed by atoms with van der Waals surface area (Å²) in [5.74, 6) is -0.155. The number of aryl methyl sites for hydroxylation is 1. The van der Waals surface area contributed by atoms with Gasteiger partial charge in [-0.15, -0.1) is 0 Å². The van der Waals surface area contributed by atoms with E-state index in [1.807, 2.05) is 6.07 Å². The highest BCUT2D eigenvalue weighted by molar-refractivity contribution is 5.32. The molecule has 0 aromatic heterocycles. The highest BCUT2D eigenvalue weighted by atomic mass is 19.1. The lowest BCUT2D eigenvalue weighted by atomic mass is 9.87. The minimum absolute atomic E-state index is 0.155. The molecule has 0 amide bonds. The molecule has 2 N–H and O–H groups in total. The minimum atomic E-state index is -0.155. The first-order valence-electron chi connectivity index (χ1n) is 6.89. The molecule has 1 aliphatic carbocycles. The van der Waals surface area contributed by atoms with Crippen LogP contribution in [0.2, 0.25) is 0 Å². The Balaban J connectivity index is 2.13. The predicted molar refractivity (Wildman–Crippen MR) is 71.0 cm³/mol. The molecule has 0 radical (unpaired) electrons. The van der Waals surface area contributed by atoms with E-state index >= 15 is 0 Å². The zero-order chi connectivity index (χ0) is 13.0. The minimum Gasteiger partial charge on any atom is -0.396 e. The monoisotopic (exact) mass is 251 g/mol. The van der Waals surface area contributed by atoms with Crippen molar-refractivity contribution in [1.82, 2.24) is 5.32 Å². The van der Waals surface area contributed by atoms with Crippen LogP contribution in [0.3, 0.4) is 0 Å². The number of aliphatic hydroxyl groups excluding tert-OH is 1. The van der Waals surface area contributed by atoms with Gasteiger partial charge in [0.2, 0.25) is 0 Å². The molecule has 2 unspecified atom stereocenters. The van der Waals surface area contributed by atoms with Crippen LogP contribution in [0.5, 0.6) is 0 Å². The van der Waals surface area contributed by atoms with Crippen molar-refractivity contribution in [1.29, 1.82) is 0 Å². The molecule has 2 rings (SSSR count). The van der Waals surface area contributed by atoms with E-state index in [1.165, 1.54) is 5.56 Å². The van der Waals surface area contributed by atoms with Crippen LogP contribution in [-0.2, 0) is 6.42 Å². The van der Waals surface area contributed by atoms with Crippen molar-refractivity contribution in [2.24, 2.45) is 0 Å². The second-order valence-corrected chi connectivity index (χ2v) is 5.07. The summed E-state index contributed by atoms with van der Waals surface area (Å²) in [5.41, 5.74) is 2.37.